The number of nitrogens with one attached hydrogen (secondary N) is 2. The molecule has 0 aliphatic heterocycles. The lowest BCUT2D eigenvalue weighted by Gasteiger charge is -2.15. The molecule has 9 heteroatoms. The first kappa shape index (κ1) is 25.5. The third-order valence-corrected chi connectivity index (χ3v) is 6.61. The quantitative estimate of drug-likeness (QED) is 0.225. The van der Waals surface area contributed by atoms with Crippen molar-refractivity contribution in [2.75, 3.05) is 11.9 Å². The lowest BCUT2D eigenvalue weighted by molar-refractivity contribution is -0.274. The number of anilines is 1. The van der Waals surface area contributed by atoms with Crippen molar-refractivity contribution in [1.82, 2.24) is 14.9 Å². The molecule has 38 heavy (non-hydrogen) atoms. The highest BCUT2D eigenvalue weighted by atomic mass is 32.1. The maximum absolute atomic E-state index is 12.5. The first-order chi connectivity index (χ1) is 18.2. The smallest absolute Gasteiger partial charge is 0.406 e. The van der Waals surface area contributed by atoms with Gasteiger partial charge in [0.25, 0.3) is 0 Å². The molecule has 5 aromatic rings. The average molecular weight is 535 g/mol. The zero-order chi connectivity index (χ0) is 26.9. The molecule has 1 aromatic heterocycles. The Kier molecular flexibility index (Phi) is 6.94. The van der Waals surface area contributed by atoms with E-state index in [-0.39, 0.29) is 5.75 Å². The molecule has 4 aromatic carbocycles. The van der Waals surface area contributed by atoms with Crippen LogP contribution in [0.15, 0.2) is 79.1 Å². The predicted molar refractivity (Wildman–Crippen MR) is 149 cm³/mol. The summed E-state index contributed by atoms with van der Waals surface area (Å²) in [4.78, 5) is 4.59. The SMILES string of the molecule is Cc1cccc(C)c1NC(=S)NCCc1ccc2c(ccc3c2ncn3-c2ccc(OC(F)(F)F)cc2)c1. The Hall–Kier alpha value is -4.11. The summed E-state index contributed by atoms with van der Waals surface area (Å²) in [6, 6.07) is 22.1. The van der Waals surface area contributed by atoms with E-state index in [4.69, 9.17) is 12.2 Å². The van der Waals surface area contributed by atoms with Crippen molar-refractivity contribution >= 4 is 44.8 Å². The van der Waals surface area contributed by atoms with Gasteiger partial charge in [-0.05, 0) is 84.9 Å². The van der Waals surface area contributed by atoms with E-state index in [0.717, 1.165) is 45.0 Å². The second kappa shape index (κ2) is 10.3. The number of imidazole rings is 1. The van der Waals surface area contributed by atoms with Gasteiger partial charge in [-0.2, -0.15) is 0 Å². The molecular formula is C29H25F3N4OS. The zero-order valence-corrected chi connectivity index (χ0v) is 21.6. The average Bonchev–Trinajstić information content (AvgIpc) is 3.30. The zero-order valence-electron chi connectivity index (χ0n) is 20.8. The van der Waals surface area contributed by atoms with Crippen molar-refractivity contribution in [3.8, 4) is 11.4 Å². The summed E-state index contributed by atoms with van der Waals surface area (Å²) in [6.07, 6.45) is -2.25. The van der Waals surface area contributed by atoms with Crippen LogP contribution >= 0.6 is 12.2 Å². The van der Waals surface area contributed by atoms with Gasteiger partial charge in [-0.25, -0.2) is 4.98 Å². The number of nitrogens with zero attached hydrogens (tertiary/aromatic N) is 2. The van der Waals surface area contributed by atoms with Crippen LogP contribution in [0, 0.1) is 13.8 Å². The van der Waals surface area contributed by atoms with Crippen molar-refractivity contribution < 1.29 is 17.9 Å². The molecule has 0 saturated carbocycles. The summed E-state index contributed by atoms with van der Waals surface area (Å²) in [5.41, 5.74) is 6.86. The van der Waals surface area contributed by atoms with Crippen LogP contribution in [0.3, 0.4) is 0 Å². The number of aromatic nitrogens is 2. The molecule has 0 aliphatic carbocycles. The summed E-state index contributed by atoms with van der Waals surface area (Å²) in [7, 11) is 0. The summed E-state index contributed by atoms with van der Waals surface area (Å²) in [5.74, 6) is -0.264. The van der Waals surface area contributed by atoms with Gasteiger partial charge in [0.2, 0.25) is 0 Å². The van der Waals surface area contributed by atoms with Gasteiger partial charge >= 0.3 is 6.36 Å². The van der Waals surface area contributed by atoms with Crippen LogP contribution in [-0.2, 0) is 6.42 Å². The molecule has 0 aliphatic rings. The highest BCUT2D eigenvalue weighted by molar-refractivity contribution is 7.80. The van der Waals surface area contributed by atoms with E-state index < -0.39 is 6.36 Å². The monoisotopic (exact) mass is 534 g/mol. The number of fused-ring (bicyclic) bond motifs is 3. The summed E-state index contributed by atoms with van der Waals surface area (Å²) < 4.78 is 43.2. The van der Waals surface area contributed by atoms with Crippen LogP contribution in [0.25, 0.3) is 27.5 Å². The van der Waals surface area contributed by atoms with Crippen LogP contribution in [0.4, 0.5) is 18.9 Å². The van der Waals surface area contributed by atoms with Crippen molar-refractivity contribution in [3.05, 3.63) is 95.8 Å². The van der Waals surface area contributed by atoms with Crippen LogP contribution in [0.1, 0.15) is 16.7 Å². The molecule has 5 nitrogen and oxygen atoms in total. The van der Waals surface area contributed by atoms with Crippen LogP contribution in [0.2, 0.25) is 0 Å². The second-order valence-corrected chi connectivity index (χ2v) is 9.45. The number of aryl methyl sites for hydroxylation is 2. The van der Waals surface area contributed by atoms with Crippen molar-refractivity contribution in [2.24, 2.45) is 0 Å². The van der Waals surface area contributed by atoms with E-state index in [0.29, 0.717) is 17.3 Å². The Morgan fingerprint density at radius 3 is 2.42 bits per heavy atom. The van der Waals surface area contributed by atoms with Crippen LogP contribution in [-0.4, -0.2) is 27.6 Å². The van der Waals surface area contributed by atoms with Gasteiger partial charge in [0.15, 0.2) is 5.11 Å². The van der Waals surface area contributed by atoms with Crippen LogP contribution in [0.5, 0.6) is 5.75 Å². The van der Waals surface area contributed by atoms with E-state index in [9.17, 15) is 13.2 Å². The highest BCUT2D eigenvalue weighted by Gasteiger charge is 2.31. The standard InChI is InChI=1S/C29H25F3N4OS/c1-18-4-3-5-19(2)26(18)35-28(38)33-15-14-20-6-12-24-21(16-20)7-13-25-27(24)34-17-36(25)22-8-10-23(11-9-22)37-29(30,31)32/h3-13,16-17H,14-15H2,1-2H3,(H2,33,35,38). The first-order valence-corrected chi connectivity index (χ1v) is 12.4. The number of thiocarbonyl (C=S) groups is 1. The van der Waals surface area contributed by atoms with E-state index in [1.807, 2.05) is 22.8 Å². The summed E-state index contributed by atoms with van der Waals surface area (Å²) in [5, 5.41) is 9.23. The number of para-hydroxylation sites is 1. The normalized spacial score (nSPS) is 11.6. The minimum atomic E-state index is -4.72. The number of hydrogen-bond acceptors (Lipinski definition) is 3. The molecule has 0 bridgehead atoms. The molecule has 5 rings (SSSR count). The topological polar surface area (TPSA) is 51.1 Å². The van der Waals surface area contributed by atoms with Gasteiger partial charge in [-0.15, -0.1) is 13.2 Å². The molecule has 194 valence electrons. The largest absolute Gasteiger partial charge is 0.573 e. The van der Waals surface area contributed by atoms with Crippen LogP contribution < -0.4 is 15.4 Å². The van der Waals surface area contributed by atoms with Gasteiger partial charge in [-0.3, -0.25) is 4.57 Å². The third kappa shape index (κ3) is 5.57. The number of alkyl halides is 3. The Bertz CT molecular complexity index is 1610. The lowest BCUT2D eigenvalue weighted by atomic mass is 10.0. The molecule has 0 radical (unpaired) electrons. The predicted octanol–water partition coefficient (Wildman–Crippen LogP) is 7.22. The Balaban J connectivity index is 1.28. The third-order valence-electron chi connectivity index (χ3n) is 6.36. The number of benzene rings is 4. The van der Waals surface area contributed by atoms with Crippen molar-refractivity contribution in [2.45, 2.75) is 26.6 Å². The van der Waals surface area contributed by atoms with E-state index >= 15 is 0 Å². The van der Waals surface area contributed by atoms with Gasteiger partial charge < -0.3 is 15.4 Å². The maximum Gasteiger partial charge on any atom is 0.573 e. The fraction of sp³-hybridized carbons (Fsp3) is 0.172. The molecule has 0 fully saturated rings. The highest BCUT2D eigenvalue weighted by Crippen LogP contribution is 2.29. The fourth-order valence-electron chi connectivity index (χ4n) is 4.52. The van der Waals surface area contributed by atoms with Gasteiger partial charge in [0.1, 0.15) is 12.1 Å². The molecule has 2 N–H and O–H groups in total. The minimum Gasteiger partial charge on any atom is -0.406 e. The Morgan fingerprint density at radius 1 is 0.974 bits per heavy atom. The fourth-order valence-corrected chi connectivity index (χ4v) is 4.72. The van der Waals surface area contributed by atoms with E-state index in [2.05, 4.69) is 64.5 Å². The van der Waals surface area contributed by atoms with Crippen molar-refractivity contribution in [3.63, 3.8) is 0 Å². The van der Waals surface area contributed by atoms with Crippen molar-refractivity contribution in [1.29, 1.82) is 0 Å². The minimum absolute atomic E-state index is 0.264. The molecule has 0 amide bonds. The lowest BCUT2D eigenvalue weighted by Crippen LogP contribution is -2.30. The summed E-state index contributed by atoms with van der Waals surface area (Å²) >= 11 is 5.48. The number of ether oxygens (including phenoxy) is 1. The molecule has 0 atom stereocenters. The summed E-state index contributed by atoms with van der Waals surface area (Å²) in [6.45, 7) is 4.79. The Labute approximate surface area is 223 Å². The number of hydrogen-bond donors (Lipinski definition) is 2. The molecule has 1 heterocycles. The second-order valence-electron chi connectivity index (χ2n) is 9.04. The molecular weight excluding hydrogens is 509 g/mol. The van der Waals surface area contributed by atoms with Gasteiger partial charge in [0.05, 0.1) is 11.0 Å². The molecule has 0 saturated heterocycles. The van der Waals surface area contributed by atoms with E-state index in [1.54, 1.807) is 18.5 Å². The van der Waals surface area contributed by atoms with Gasteiger partial charge in [-0.1, -0.05) is 42.5 Å². The maximum atomic E-state index is 12.5. The molecule has 0 spiro atoms. The number of halogens is 3. The van der Waals surface area contributed by atoms with E-state index in [1.165, 1.54) is 17.7 Å². The Morgan fingerprint density at radius 2 is 1.71 bits per heavy atom. The van der Waals surface area contributed by atoms with Gasteiger partial charge in [0, 0.05) is 23.3 Å². The molecule has 0 unspecified atom stereocenters. The number of rotatable bonds is 6. The first-order valence-electron chi connectivity index (χ1n) is 12.0.